The Morgan fingerprint density at radius 1 is 1.17 bits per heavy atom. The van der Waals surface area contributed by atoms with E-state index in [0.29, 0.717) is 4.88 Å². The van der Waals surface area contributed by atoms with Crippen molar-refractivity contribution in [1.29, 1.82) is 0 Å². The summed E-state index contributed by atoms with van der Waals surface area (Å²) in [5, 5.41) is 10.6. The van der Waals surface area contributed by atoms with Crippen LogP contribution in [0.25, 0.3) is 10.1 Å². The summed E-state index contributed by atoms with van der Waals surface area (Å²) >= 11 is 1.40. The van der Waals surface area contributed by atoms with Crippen LogP contribution in [0.2, 0.25) is 0 Å². The molecule has 3 heteroatoms. The minimum Gasteiger partial charge on any atom is -0.477 e. The summed E-state index contributed by atoms with van der Waals surface area (Å²) in [6.45, 7) is 10.3. The van der Waals surface area contributed by atoms with Crippen LogP contribution >= 0.6 is 11.3 Å². The van der Waals surface area contributed by atoms with Gasteiger partial charge in [-0.3, -0.25) is 0 Å². The predicted octanol–water partition coefficient (Wildman–Crippen LogP) is 4.51. The Morgan fingerprint density at radius 2 is 1.72 bits per heavy atom. The summed E-state index contributed by atoms with van der Waals surface area (Å²) in [6, 6.07) is 4.14. The van der Waals surface area contributed by atoms with Crippen LogP contribution in [0.4, 0.5) is 0 Å². The van der Waals surface area contributed by atoms with Crippen molar-refractivity contribution in [1.82, 2.24) is 0 Å². The van der Waals surface area contributed by atoms with E-state index in [1.54, 1.807) is 0 Å². The van der Waals surface area contributed by atoms with Gasteiger partial charge in [0.25, 0.3) is 0 Å². The topological polar surface area (TPSA) is 37.3 Å². The molecule has 0 aliphatic heterocycles. The Hall–Kier alpha value is -1.35. The first-order valence-corrected chi connectivity index (χ1v) is 6.81. The summed E-state index contributed by atoms with van der Waals surface area (Å²) in [7, 11) is 0. The van der Waals surface area contributed by atoms with Crippen LogP contribution in [0.3, 0.4) is 0 Å². The number of hydrogen-bond donors (Lipinski definition) is 1. The molecule has 18 heavy (non-hydrogen) atoms. The van der Waals surface area contributed by atoms with Crippen molar-refractivity contribution in [3.63, 3.8) is 0 Å². The molecule has 0 saturated heterocycles. The highest BCUT2D eigenvalue weighted by Gasteiger charge is 2.28. The van der Waals surface area contributed by atoms with E-state index < -0.39 is 5.97 Å². The van der Waals surface area contributed by atoms with Gasteiger partial charge in [-0.25, -0.2) is 4.79 Å². The molecule has 1 heterocycles. The number of thiophene rings is 1. The molecule has 0 aliphatic carbocycles. The highest BCUT2D eigenvalue weighted by Crippen LogP contribution is 2.41. The summed E-state index contributed by atoms with van der Waals surface area (Å²) in [5.74, 6) is -0.820. The second-order valence-corrected chi connectivity index (χ2v) is 6.79. The summed E-state index contributed by atoms with van der Waals surface area (Å²) in [5.41, 5.74) is 3.11. The lowest BCUT2D eigenvalue weighted by atomic mass is 9.83. The van der Waals surface area contributed by atoms with E-state index >= 15 is 0 Å². The third kappa shape index (κ3) is 1.93. The van der Waals surface area contributed by atoms with Gasteiger partial charge in [-0.1, -0.05) is 32.9 Å². The van der Waals surface area contributed by atoms with Gasteiger partial charge >= 0.3 is 5.97 Å². The number of aryl methyl sites for hydroxylation is 2. The first kappa shape index (κ1) is 13.1. The van der Waals surface area contributed by atoms with Crippen LogP contribution in [0.5, 0.6) is 0 Å². The first-order chi connectivity index (χ1) is 8.23. The number of carboxylic acid groups (broad SMARTS) is 1. The maximum Gasteiger partial charge on any atom is 0.346 e. The predicted molar refractivity (Wildman–Crippen MR) is 77.0 cm³/mol. The standard InChI is InChI=1S/C15H18O2S/c1-8-6-7-9(2)12-10(8)11(15(3,4)5)13(18-12)14(16)17/h6-7H,1-5H3,(H,16,17). The van der Waals surface area contributed by atoms with Crippen LogP contribution in [-0.2, 0) is 5.41 Å². The third-order valence-electron chi connectivity index (χ3n) is 3.19. The van der Waals surface area contributed by atoms with Crippen molar-refractivity contribution in [2.24, 2.45) is 0 Å². The van der Waals surface area contributed by atoms with E-state index in [0.717, 1.165) is 26.8 Å². The smallest absolute Gasteiger partial charge is 0.346 e. The van der Waals surface area contributed by atoms with Crippen LogP contribution in [-0.4, -0.2) is 11.1 Å². The molecule has 0 aliphatic rings. The minimum absolute atomic E-state index is 0.162. The van der Waals surface area contributed by atoms with Crippen molar-refractivity contribution in [2.45, 2.75) is 40.0 Å². The summed E-state index contributed by atoms with van der Waals surface area (Å²) in [4.78, 5) is 12.0. The van der Waals surface area contributed by atoms with Gasteiger partial charge in [-0.2, -0.15) is 0 Å². The Morgan fingerprint density at radius 3 is 2.22 bits per heavy atom. The van der Waals surface area contributed by atoms with Crippen LogP contribution in [0.1, 0.15) is 47.1 Å². The van der Waals surface area contributed by atoms with E-state index in [9.17, 15) is 9.90 Å². The van der Waals surface area contributed by atoms with Gasteiger partial charge in [-0.05, 0) is 36.0 Å². The Kier molecular flexibility index (Phi) is 2.98. The van der Waals surface area contributed by atoms with Gasteiger partial charge in [-0.15, -0.1) is 11.3 Å². The molecule has 1 aromatic heterocycles. The number of carboxylic acids is 1. The van der Waals surface area contributed by atoms with Crippen molar-refractivity contribution in [3.05, 3.63) is 33.7 Å². The molecule has 2 aromatic rings. The number of fused-ring (bicyclic) bond motifs is 1. The van der Waals surface area contributed by atoms with E-state index in [1.807, 2.05) is 6.92 Å². The van der Waals surface area contributed by atoms with Crippen LogP contribution in [0, 0.1) is 13.8 Å². The van der Waals surface area contributed by atoms with Gasteiger partial charge in [0.05, 0.1) is 0 Å². The number of benzene rings is 1. The monoisotopic (exact) mass is 262 g/mol. The first-order valence-electron chi connectivity index (χ1n) is 6.00. The largest absolute Gasteiger partial charge is 0.477 e. The quantitative estimate of drug-likeness (QED) is 0.820. The average Bonchev–Trinajstić information content (AvgIpc) is 2.64. The van der Waals surface area contributed by atoms with Gasteiger partial charge in [0.1, 0.15) is 4.88 Å². The Labute approximate surface area is 111 Å². The zero-order valence-electron chi connectivity index (χ0n) is 11.4. The molecule has 0 radical (unpaired) electrons. The molecule has 0 fully saturated rings. The van der Waals surface area contributed by atoms with Crippen LogP contribution in [0.15, 0.2) is 12.1 Å². The van der Waals surface area contributed by atoms with Crippen LogP contribution < -0.4 is 0 Å². The number of aromatic carboxylic acids is 1. The lowest BCUT2D eigenvalue weighted by Gasteiger charge is -2.20. The van der Waals surface area contributed by atoms with E-state index in [1.165, 1.54) is 11.3 Å². The molecule has 96 valence electrons. The summed E-state index contributed by atoms with van der Waals surface area (Å²) in [6.07, 6.45) is 0. The van der Waals surface area contributed by atoms with E-state index in [4.69, 9.17) is 0 Å². The Balaban J connectivity index is 3.00. The number of hydrogen-bond acceptors (Lipinski definition) is 2. The van der Waals surface area contributed by atoms with Gasteiger partial charge in [0.2, 0.25) is 0 Å². The molecule has 0 unspecified atom stereocenters. The van der Waals surface area contributed by atoms with Gasteiger partial charge < -0.3 is 5.11 Å². The minimum atomic E-state index is -0.820. The fourth-order valence-electron chi connectivity index (χ4n) is 2.36. The van der Waals surface area contributed by atoms with Gasteiger partial charge in [0, 0.05) is 10.1 Å². The second-order valence-electron chi connectivity index (χ2n) is 5.76. The fourth-order valence-corrected chi connectivity index (χ4v) is 3.76. The molecule has 0 bridgehead atoms. The molecule has 2 rings (SSSR count). The lowest BCUT2D eigenvalue weighted by Crippen LogP contribution is -2.15. The maximum absolute atomic E-state index is 11.5. The lowest BCUT2D eigenvalue weighted by molar-refractivity contribution is 0.0700. The molecule has 0 spiro atoms. The van der Waals surface area contributed by atoms with Crippen molar-refractivity contribution in [3.8, 4) is 0 Å². The number of rotatable bonds is 1. The highest BCUT2D eigenvalue weighted by molar-refractivity contribution is 7.21. The summed E-state index contributed by atoms with van der Waals surface area (Å²) < 4.78 is 1.11. The third-order valence-corrected chi connectivity index (χ3v) is 4.50. The highest BCUT2D eigenvalue weighted by atomic mass is 32.1. The zero-order valence-corrected chi connectivity index (χ0v) is 12.2. The molecule has 0 atom stereocenters. The van der Waals surface area contributed by atoms with E-state index in [2.05, 4.69) is 39.8 Å². The fraction of sp³-hybridized carbons (Fsp3) is 0.400. The van der Waals surface area contributed by atoms with Crippen molar-refractivity contribution in [2.75, 3.05) is 0 Å². The van der Waals surface area contributed by atoms with Crippen molar-refractivity contribution >= 4 is 27.4 Å². The average molecular weight is 262 g/mol. The van der Waals surface area contributed by atoms with Crippen molar-refractivity contribution < 1.29 is 9.90 Å². The number of carbonyl (C=O) groups is 1. The molecule has 1 aromatic carbocycles. The van der Waals surface area contributed by atoms with E-state index in [-0.39, 0.29) is 5.41 Å². The molecule has 0 amide bonds. The molecule has 2 nitrogen and oxygen atoms in total. The normalized spacial score (nSPS) is 12.1. The maximum atomic E-state index is 11.5. The Bertz CT molecular complexity index is 630. The molecular formula is C15H18O2S. The van der Waals surface area contributed by atoms with Gasteiger partial charge in [0.15, 0.2) is 0 Å². The molecule has 1 N–H and O–H groups in total. The SMILES string of the molecule is Cc1ccc(C)c2c(C(C)(C)C)c(C(=O)O)sc12. The zero-order chi connectivity index (χ0) is 13.7. The molecule has 0 saturated carbocycles. The molecular weight excluding hydrogens is 244 g/mol. The second kappa shape index (κ2) is 4.09.